The first-order valence-electron chi connectivity index (χ1n) is 7.37. The minimum atomic E-state index is -1.16. The Hall–Kier alpha value is -2.05. The Morgan fingerprint density at radius 2 is 1.70 bits per heavy atom. The predicted molar refractivity (Wildman–Crippen MR) is 85.2 cm³/mol. The zero-order valence-electron chi connectivity index (χ0n) is 13.9. The molecule has 0 aromatic heterocycles. The van der Waals surface area contributed by atoms with Crippen molar-refractivity contribution in [2.75, 3.05) is 20.8 Å². The number of methoxy groups -OCH3 is 2. The Bertz CT molecular complexity index is 541. The summed E-state index contributed by atoms with van der Waals surface area (Å²) >= 11 is 0. The average molecular weight is 321 g/mol. The van der Waals surface area contributed by atoms with E-state index in [-0.39, 0.29) is 12.5 Å². The highest BCUT2D eigenvalue weighted by Gasteiger charge is 2.33. The smallest absolute Gasteiger partial charge is 0.323 e. The van der Waals surface area contributed by atoms with Gasteiger partial charge in [0.15, 0.2) is 11.6 Å². The molecule has 0 amide bonds. The van der Waals surface area contributed by atoms with E-state index >= 15 is 0 Å². The fourth-order valence-electron chi connectivity index (χ4n) is 2.15. The van der Waals surface area contributed by atoms with Gasteiger partial charge >= 0.3 is 5.97 Å². The van der Waals surface area contributed by atoms with E-state index in [9.17, 15) is 14.4 Å². The van der Waals surface area contributed by atoms with Crippen LogP contribution in [0.1, 0.15) is 24.2 Å². The summed E-state index contributed by atoms with van der Waals surface area (Å²) in [6.07, 6.45) is 0. The quantitative estimate of drug-likeness (QED) is 0.419. The average Bonchev–Trinajstić information content (AvgIpc) is 2.55. The van der Waals surface area contributed by atoms with E-state index in [1.807, 2.05) is 0 Å². The molecule has 2 atom stereocenters. The number of carbonyl (C=O) groups is 3. The number of carbonyl (C=O) groups excluding carboxylic acids is 3. The number of Topliss-reactive ketones (excluding diaryl/α,β-unsaturated/α-hetero) is 2. The van der Waals surface area contributed by atoms with Gasteiger partial charge in [0.25, 0.3) is 0 Å². The lowest BCUT2D eigenvalue weighted by molar-refractivity contribution is -0.144. The zero-order valence-corrected chi connectivity index (χ0v) is 13.9. The van der Waals surface area contributed by atoms with E-state index in [4.69, 9.17) is 9.47 Å². The summed E-state index contributed by atoms with van der Waals surface area (Å²) in [6, 6.07) is 6.53. The molecule has 1 N–H and O–H groups in total. The third-order valence-corrected chi connectivity index (χ3v) is 3.40. The minimum absolute atomic E-state index is 0.149. The van der Waals surface area contributed by atoms with Crippen LogP contribution in [0.15, 0.2) is 30.3 Å². The molecule has 126 valence electrons. The summed E-state index contributed by atoms with van der Waals surface area (Å²) < 4.78 is 9.59. The second-order valence-electron chi connectivity index (χ2n) is 5.47. The van der Waals surface area contributed by atoms with Crippen LogP contribution >= 0.6 is 0 Å². The molecule has 0 aliphatic carbocycles. The standard InChI is InChI=1S/C17H23NO5/c1-11(2)14(17(21)23-4)18-15(13(19)10-22-3)16(20)12-8-6-5-7-9-12/h5-9,11,14-15,18H,10H2,1-4H3/t14-,15+/m1/s1. The zero-order chi connectivity index (χ0) is 17.4. The third kappa shape index (κ3) is 5.26. The summed E-state index contributed by atoms with van der Waals surface area (Å²) in [6.45, 7) is 3.39. The van der Waals surface area contributed by atoms with E-state index in [0.717, 1.165) is 0 Å². The third-order valence-electron chi connectivity index (χ3n) is 3.40. The molecule has 0 aliphatic rings. The number of hydrogen-bond acceptors (Lipinski definition) is 6. The van der Waals surface area contributed by atoms with Crippen molar-refractivity contribution in [3.8, 4) is 0 Å². The van der Waals surface area contributed by atoms with E-state index in [1.165, 1.54) is 14.2 Å². The summed E-state index contributed by atoms with van der Waals surface area (Å²) in [4.78, 5) is 36.8. The van der Waals surface area contributed by atoms with E-state index < -0.39 is 29.6 Å². The van der Waals surface area contributed by atoms with Crippen LogP contribution < -0.4 is 5.32 Å². The molecule has 0 aliphatic heterocycles. The van der Waals surface area contributed by atoms with Crippen molar-refractivity contribution in [2.45, 2.75) is 25.9 Å². The normalized spacial score (nSPS) is 13.4. The Balaban J connectivity index is 3.07. The van der Waals surface area contributed by atoms with Crippen molar-refractivity contribution in [3.05, 3.63) is 35.9 Å². The maximum absolute atomic E-state index is 12.6. The van der Waals surface area contributed by atoms with Gasteiger partial charge in [0.1, 0.15) is 18.7 Å². The predicted octanol–water partition coefficient (Wildman–Crippen LogP) is 1.24. The van der Waals surface area contributed by atoms with E-state index in [2.05, 4.69) is 5.32 Å². The fraction of sp³-hybridized carbons (Fsp3) is 0.471. The molecule has 0 saturated carbocycles. The van der Waals surface area contributed by atoms with Gasteiger partial charge in [-0.1, -0.05) is 44.2 Å². The Kier molecular flexibility index (Phi) is 7.57. The molecule has 1 aromatic carbocycles. The minimum Gasteiger partial charge on any atom is -0.468 e. The second-order valence-corrected chi connectivity index (χ2v) is 5.47. The first-order chi connectivity index (χ1) is 10.9. The Labute approximate surface area is 136 Å². The molecule has 0 saturated heterocycles. The van der Waals surface area contributed by atoms with Crippen LogP contribution in [0, 0.1) is 5.92 Å². The van der Waals surface area contributed by atoms with Gasteiger partial charge in [-0.2, -0.15) is 0 Å². The van der Waals surface area contributed by atoms with Crippen molar-refractivity contribution in [3.63, 3.8) is 0 Å². The SMILES string of the molecule is COCC(=O)[C@H](N[C@@H](C(=O)OC)C(C)C)C(=O)c1ccccc1. The molecule has 23 heavy (non-hydrogen) atoms. The maximum atomic E-state index is 12.6. The molecule has 0 radical (unpaired) electrons. The molecular formula is C17H23NO5. The molecular weight excluding hydrogens is 298 g/mol. The van der Waals surface area contributed by atoms with Gasteiger partial charge in [-0.3, -0.25) is 19.7 Å². The van der Waals surface area contributed by atoms with Crippen LogP contribution in [0.4, 0.5) is 0 Å². The van der Waals surface area contributed by atoms with Crippen LogP contribution in [-0.4, -0.2) is 50.4 Å². The highest BCUT2D eigenvalue weighted by Crippen LogP contribution is 2.10. The highest BCUT2D eigenvalue weighted by atomic mass is 16.5. The number of ketones is 2. The highest BCUT2D eigenvalue weighted by molar-refractivity contribution is 6.14. The topological polar surface area (TPSA) is 81.7 Å². The van der Waals surface area contributed by atoms with Gasteiger partial charge in [-0.05, 0) is 5.92 Å². The molecule has 1 rings (SSSR count). The number of nitrogens with one attached hydrogen (secondary N) is 1. The first-order valence-corrected chi connectivity index (χ1v) is 7.37. The van der Waals surface area contributed by atoms with E-state index in [1.54, 1.807) is 44.2 Å². The Morgan fingerprint density at radius 3 is 2.17 bits per heavy atom. The molecule has 1 aromatic rings. The molecule has 6 heteroatoms. The molecule has 6 nitrogen and oxygen atoms in total. The molecule has 0 bridgehead atoms. The van der Waals surface area contributed by atoms with Gasteiger partial charge in [0.05, 0.1) is 7.11 Å². The van der Waals surface area contributed by atoms with Crippen LogP contribution in [0.3, 0.4) is 0 Å². The molecule has 0 heterocycles. The number of ether oxygens (including phenoxy) is 2. The fourth-order valence-corrected chi connectivity index (χ4v) is 2.15. The number of benzene rings is 1. The lowest BCUT2D eigenvalue weighted by atomic mass is 9.97. The van der Waals surface area contributed by atoms with E-state index in [0.29, 0.717) is 5.56 Å². The van der Waals surface area contributed by atoms with Gasteiger partial charge in [-0.25, -0.2) is 0 Å². The van der Waals surface area contributed by atoms with Crippen LogP contribution in [0.5, 0.6) is 0 Å². The van der Waals surface area contributed by atoms with Crippen LogP contribution in [0.25, 0.3) is 0 Å². The summed E-state index contributed by atoms with van der Waals surface area (Å²) in [5, 5.41) is 2.83. The molecule has 0 unspecified atom stereocenters. The van der Waals surface area contributed by atoms with Crippen molar-refractivity contribution in [1.82, 2.24) is 5.32 Å². The lowest BCUT2D eigenvalue weighted by Gasteiger charge is -2.25. The second kappa shape index (κ2) is 9.17. The number of rotatable bonds is 9. The molecule has 0 fully saturated rings. The number of esters is 1. The van der Waals surface area contributed by atoms with Crippen molar-refractivity contribution in [1.29, 1.82) is 0 Å². The van der Waals surface area contributed by atoms with Crippen molar-refractivity contribution < 1.29 is 23.9 Å². The number of hydrogen-bond donors (Lipinski definition) is 1. The monoisotopic (exact) mass is 321 g/mol. The van der Waals surface area contributed by atoms with Crippen molar-refractivity contribution in [2.24, 2.45) is 5.92 Å². The Morgan fingerprint density at radius 1 is 1.09 bits per heavy atom. The van der Waals surface area contributed by atoms with Crippen LogP contribution in [0.2, 0.25) is 0 Å². The van der Waals surface area contributed by atoms with Gasteiger partial charge < -0.3 is 9.47 Å². The van der Waals surface area contributed by atoms with Gasteiger partial charge in [-0.15, -0.1) is 0 Å². The largest absolute Gasteiger partial charge is 0.468 e. The van der Waals surface area contributed by atoms with Gasteiger partial charge in [0, 0.05) is 12.7 Å². The lowest BCUT2D eigenvalue weighted by Crippen LogP contribution is -2.54. The molecule has 0 spiro atoms. The first kappa shape index (κ1) is 19.0. The van der Waals surface area contributed by atoms with Gasteiger partial charge in [0.2, 0.25) is 0 Å². The summed E-state index contributed by atoms with van der Waals surface area (Å²) in [5.74, 6) is -1.50. The summed E-state index contributed by atoms with van der Waals surface area (Å²) in [7, 11) is 2.65. The summed E-state index contributed by atoms with van der Waals surface area (Å²) in [5.41, 5.74) is 0.391. The van der Waals surface area contributed by atoms with Crippen molar-refractivity contribution >= 4 is 17.5 Å². The van der Waals surface area contributed by atoms with Crippen LogP contribution in [-0.2, 0) is 19.1 Å². The maximum Gasteiger partial charge on any atom is 0.323 e.